The van der Waals surface area contributed by atoms with Crippen molar-refractivity contribution in [3.05, 3.63) is 24.3 Å². The highest BCUT2D eigenvalue weighted by Gasteiger charge is 2.31. The monoisotopic (exact) mass is 251 g/mol. The quantitative estimate of drug-likeness (QED) is 0.808. The zero-order chi connectivity index (χ0) is 13.0. The molecule has 0 aliphatic carbocycles. The zero-order valence-corrected chi connectivity index (χ0v) is 10.5. The number of nitrogens with one attached hydrogen (secondary N) is 1. The lowest BCUT2D eigenvalue weighted by Gasteiger charge is -2.13. The van der Waals surface area contributed by atoms with Crippen molar-refractivity contribution in [3.8, 4) is 11.5 Å². The maximum Gasteiger partial charge on any atom is 0.323 e. The Balaban J connectivity index is 1.89. The molecule has 18 heavy (non-hydrogen) atoms. The summed E-state index contributed by atoms with van der Waals surface area (Å²) in [5.74, 6) is 1.32. The second kappa shape index (κ2) is 5.73. The Hall–Kier alpha value is -1.75. The Morgan fingerprint density at radius 1 is 1.22 bits per heavy atom. The van der Waals surface area contributed by atoms with Crippen LogP contribution in [-0.2, 0) is 9.53 Å². The average Bonchev–Trinajstić information content (AvgIpc) is 2.87. The highest BCUT2D eigenvalue weighted by molar-refractivity contribution is 5.76. The molecule has 0 spiro atoms. The normalized spacial score (nSPS) is 22.6. The lowest BCUT2D eigenvalue weighted by molar-refractivity contribution is -0.142. The molecule has 2 rings (SSSR count). The Labute approximate surface area is 106 Å². The van der Waals surface area contributed by atoms with Crippen LogP contribution in [0.4, 0.5) is 0 Å². The van der Waals surface area contributed by atoms with Gasteiger partial charge in [0.15, 0.2) is 0 Å². The minimum absolute atomic E-state index is 0.0116. The molecule has 0 radical (unpaired) electrons. The van der Waals surface area contributed by atoms with Crippen molar-refractivity contribution in [2.75, 3.05) is 20.8 Å². The van der Waals surface area contributed by atoms with E-state index in [0.29, 0.717) is 13.0 Å². The van der Waals surface area contributed by atoms with E-state index in [-0.39, 0.29) is 18.1 Å². The van der Waals surface area contributed by atoms with Crippen LogP contribution >= 0.6 is 0 Å². The molecule has 2 atom stereocenters. The fourth-order valence-corrected chi connectivity index (χ4v) is 1.96. The summed E-state index contributed by atoms with van der Waals surface area (Å²) in [5.41, 5.74) is 0. The topological polar surface area (TPSA) is 56.8 Å². The molecule has 2 unspecified atom stereocenters. The first kappa shape index (κ1) is 12.7. The SMILES string of the molecule is COC(=O)C1CC(Oc2ccc(OC)cc2)CN1. The van der Waals surface area contributed by atoms with E-state index in [1.165, 1.54) is 7.11 Å². The maximum atomic E-state index is 11.3. The van der Waals surface area contributed by atoms with Crippen molar-refractivity contribution in [2.45, 2.75) is 18.6 Å². The van der Waals surface area contributed by atoms with E-state index in [4.69, 9.17) is 9.47 Å². The van der Waals surface area contributed by atoms with Crippen LogP contribution in [0.2, 0.25) is 0 Å². The molecule has 1 aromatic carbocycles. The van der Waals surface area contributed by atoms with Gasteiger partial charge in [0.25, 0.3) is 0 Å². The van der Waals surface area contributed by atoms with Crippen LogP contribution in [0.5, 0.6) is 11.5 Å². The number of carbonyl (C=O) groups is 1. The largest absolute Gasteiger partial charge is 0.497 e. The van der Waals surface area contributed by atoms with Gasteiger partial charge in [-0.15, -0.1) is 0 Å². The number of ether oxygens (including phenoxy) is 3. The van der Waals surface area contributed by atoms with Crippen molar-refractivity contribution in [1.82, 2.24) is 5.32 Å². The molecular weight excluding hydrogens is 234 g/mol. The van der Waals surface area contributed by atoms with Crippen LogP contribution in [0.25, 0.3) is 0 Å². The summed E-state index contributed by atoms with van der Waals surface area (Å²) in [6, 6.07) is 7.12. The lowest BCUT2D eigenvalue weighted by atomic mass is 10.2. The van der Waals surface area contributed by atoms with Crippen molar-refractivity contribution in [3.63, 3.8) is 0 Å². The van der Waals surface area contributed by atoms with E-state index < -0.39 is 0 Å². The van der Waals surface area contributed by atoms with E-state index in [0.717, 1.165) is 11.5 Å². The standard InChI is InChI=1S/C13H17NO4/c1-16-9-3-5-10(6-4-9)18-11-7-12(14-8-11)13(15)17-2/h3-6,11-12,14H,7-8H2,1-2H3. The minimum atomic E-state index is -0.266. The van der Waals surface area contributed by atoms with Crippen LogP contribution in [-0.4, -0.2) is 38.9 Å². The van der Waals surface area contributed by atoms with Crippen molar-refractivity contribution in [2.24, 2.45) is 0 Å². The van der Waals surface area contributed by atoms with E-state index in [2.05, 4.69) is 10.1 Å². The Kier molecular flexibility index (Phi) is 4.04. The molecule has 1 aliphatic rings. The number of esters is 1. The molecule has 1 N–H and O–H groups in total. The third-order valence-electron chi connectivity index (χ3n) is 2.94. The summed E-state index contributed by atoms with van der Waals surface area (Å²) >= 11 is 0. The van der Waals surface area contributed by atoms with Gasteiger partial charge >= 0.3 is 5.97 Å². The first-order chi connectivity index (χ1) is 8.72. The van der Waals surface area contributed by atoms with Crippen LogP contribution in [0, 0.1) is 0 Å². The molecule has 0 amide bonds. The number of methoxy groups -OCH3 is 2. The van der Waals surface area contributed by atoms with Gasteiger partial charge in [-0.3, -0.25) is 4.79 Å². The van der Waals surface area contributed by atoms with E-state index in [1.807, 2.05) is 24.3 Å². The number of benzene rings is 1. The van der Waals surface area contributed by atoms with Gasteiger partial charge in [-0.2, -0.15) is 0 Å². The van der Waals surface area contributed by atoms with Crippen LogP contribution < -0.4 is 14.8 Å². The third kappa shape index (κ3) is 2.92. The first-order valence-corrected chi connectivity index (χ1v) is 5.85. The molecule has 1 heterocycles. The van der Waals surface area contributed by atoms with Crippen LogP contribution in [0.3, 0.4) is 0 Å². The molecule has 0 aromatic heterocycles. The lowest BCUT2D eigenvalue weighted by Crippen LogP contribution is -2.31. The van der Waals surface area contributed by atoms with E-state index in [9.17, 15) is 4.79 Å². The predicted molar refractivity (Wildman–Crippen MR) is 65.8 cm³/mol. The van der Waals surface area contributed by atoms with Crippen LogP contribution in [0.15, 0.2) is 24.3 Å². The summed E-state index contributed by atoms with van der Waals surface area (Å²) in [7, 11) is 3.01. The molecule has 5 nitrogen and oxygen atoms in total. The molecule has 0 saturated carbocycles. The zero-order valence-electron chi connectivity index (χ0n) is 10.5. The van der Waals surface area contributed by atoms with Crippen molar-refractivity contribution >= 4 is 5.97 Å². The number of hydrogen-bond acceptors (Lipinski definition) is 5. The number of carbonyl (C=O) groups excluding carboxylic acids is 1. The van der Waals surface area contributed by atoms with Crippen LogP contribution in [0.1, 0.15) is 6.42 Å². The second-order valence-corrected chi connectivity index (χ2v) is 4.14. The third-order valence-corrected chi connectivity index (χ3v) is 2.94. The van der Waals surface area contributed by atoms with Gasteiger partial charge in [-0.1, -0.05) is 0 Å². The van der Waals surface area contributed by atoms with Crippen molar-refractivity contribution < 1.29 is 19.0 Å². The summed E-state index contributed by atoms with van der Waals surface area (Å²) in [6.45, 7) is 0.645. The first-order valence-electron chi connectivity index (χ1n) is 5.85. The number of hydrogen-bond donors (Lipinski definition) is 1. The average molecular weight is 251 g/mol. The highest BCUT2D eigenvalue weighted by Crippen LogP contribution is 2.21. The molecule has 98 valence electrons. The maximum absolute atomic E-state index is 11.3. The smallest absolute Gasteiger partial charge is 0.323 e. The van der Waals surface area contributed by atoms with Gasteiger partial charge in [0, 0.05) is 13.0 Å². The van der Waals surface area contributed by atoms with Gasteiger partial charge < -0.3 is 19.5 Å². The van der Waals surface area contributed by atoms with Crippen molar-refractivity contribution in [1.29, 1.82) is 0 Å². The second-order valence-electron chi connectivity index (χ2n) is 4.14. The molecule has 1 aliphatic heterocycles. The molecule has 0 bridgehead atoms. The predicted octanol–water partition coefficient (Wildman–Crippen LogP) is 0.977. The summed E-state index contributed by atoms with van der Waals surface area (Å²) in [5, 5.41) is 3.08. The van der Waals surface area contributed by atoms with Gasteiger partial charge in [0.2, 0.25) is 0 Å². The molecule has 5 heteroatoms. The Bertz CT molecular complexity index is 404. The molecule has 1 saturated heterocycles. The summed E-state index contributed by atoms with van der Waals surface area (Å²) in [4.78, 5) is 11.3. The Morgan fingerprint density at radius 3 is 2.50 bits per heavy atom. The Morgan fingerprint density at radius 2 is 1.89 bits per heavy atom. The van der Waals surface area contributed by atoms with Gasteiger partial charge in [0.05, 0.1) is 14.2 Å². The van der Waals surface area contributed by atoms with Gasteiger partial charge in [-0.05, 0) is 24.3 Å². The summed E-state index contributed by atoms with van der Waals surface area (Å²) < 4.78 is 15.5. The molecule has 1 fully saturated rings. The van der Waals surface area contributed by atoms with Gasteiger partial charge in [0.1, 0.15) is 23.6 Å². The molecular formula is C13H17NO4. The minimum Gasteiger partial charge on any atom is -0.497 e. The molecule has 1 aromatic rings. The van der Waals surface area contributed by atoms with E-state index in [1.54, 1.807) is 7.11 Å². The fraction of sp³-hybridized carbons (Fsp3) is 0.462. The van der Waals surface area contributed by atoms with E-state index >= 15 is 0 Å². The summed E-state index contributed by atoms with van der Waals surface area (Å²) in [6.07, 6.45) is 0.612. The highest BCUT2D eigenvalue weighted by atomic mass is 16.5. The fourth-order valence-electron chi connectivity index (χ4n) is 1.96. The van der Waals surface area contributed by atoms with Gasteiger partial charge in [-0.25, -0.2) is 0 Å². The number of rotatable bonds is 4.